The molecule has 1 aromatic heterocycles. The Bertz CT molecular complexity index is 331. The van der Waals surface area contributed by atoms with Crippen LogP contribution in [0.3, 0.4) is 0 Å². The molecule has 1 aliphatic carbocycles. The van der Waals surface area contributed by atoms with E-state index < -0.39 is 0 Å². The Labute approximate surface area is 102 Å². The molecule has 0 saturated heterocycles. The number of nitrogens with zero attached hydrogens (tertiary/aromatic N) is 2. The molecule has 1 fully saturated rings. The third-order valence-electron chi connectivity index (χ3n) is 2.95. The highest BCUT2D eigenvalue weighted by atomic mass is 32.1. The number of nitrogens with two attached hydrogens (primary N) is 1. The van der Waals surface area contributed by atoms with Gasteiger partial charge in [0.1, 0.15) is 0 Å². The van der Waals surface area contributed by atoms with Crippen LogP contribution in [0.15, 0.2) is 6.20 Å². The number of anilines is 1. The van der Waals surface area contributed by atoms with Crippen molar-refractivity contribution in [3.63, 3.8) is 0 Å². The van der Waals surface area contributed by atoms with E-state index >= 15 is 0 Å². The lowest BCUT2D eigenvalue weighted by atomic mass is 10.3. The molecule has 0 aromatic carbocycles. The molecule has 2 N–H and O–H groups in total. The van der Waals surface area contributed by atoms with Gasteiger partial charge in [0.2, 0.25) is 0 Å². The van der Waals surface area contributed by atoms with Crippen LogP contribution in [0, 0.1) is 0 Å². The summed E-state index contributed by atoms with van der Waals surface area (Å²) in [7, 11) is 0. The molecule has 1 aromatic rings. The first-order valence-electron chi connectivity index (χ1n) is 6.20. The van der Waals surface area contributed by atoms with Crippen molar-refractivity contribution in [2.75, 3.05) is 11.4 Å². The van der Waals surface area contributed by atoms with Crippen LogP contribution in [0.2, 0.25) is 0 Å². The summed E-state index contributed by atoms with van der Waals surface area (Å²) in [4.78, 5) is 8.18. The summed E-state index contributed by atoms with van der Waals surface area (Å²) in [5.74, 6) is 0. The first kappa shape index (κ1) is 11.9. The van der Waals surface area contributed by atoms with Crippen LogP contribution < -0.4 is 10.6 Å². The summed E-state index contributed by atoms with van der Waals surface area (Å²) in [6.07, 6.45) is 7.10. The highest BCUT2D eigenvalue weighted by Crippen LogP contribution is 2.35. The lowest BCUT2D eigenvalue weighted by molar-refractivity contribution is 0.711. The fourth-order valence-electron chi connectivity index (χ4n) is 1.77. The zero-order valence-electron chi connectivity index (χ0n) is 10.1. The number of aromatic nitrogens is 1. The van der Waals surface area contributed by atoms with Gasteiger partial charge in [0.25, 0.3) is 0 Å². The number of hydrogen-bond acceptors (Lipinski definition) is 4. The minimum Gasteiger partial charge on any atom is -0.345 e. The van der Waals surface area contributed by atoms with Crippen molar-refractivity contribution < 1.29 is 0 Å². The molecule has 0 spiro atoms. The van der Waals surface area contributed by atoms with Crippen LogP contribution in [0.4, 0.5) is 5.13 Å². The van der Waals surface area contributed by atoms with Gasteiger partial charge in [0.15, 0.2) is 5.13 Å². The summed E-state index contributed by atoms with van der Waals surface area (Å²) in [6, 6.07) is 0.858. The van der Waals surface area contributed by atoms with E-state index in [0.717, 1.165) is 12.6 Å². The molecule has 1 atom stereocenters. The Hall–Kier alpha value is -0.610. The zero-order valence-corrected chi connectivity index (χ0v) is 11.0. The van der Waals surface area contributed by atoms with Crippen molar-refractivity contribution in [1.29, 1.82) is 0 Å². The maximum absolute atomic E-state index is 5.87. The lowest BCUT2D eigenvalue weighted by Gasteiger charge is -2.20. The number of hydrogen-bond donors (Lipinski definition) is 1. The van der Waals surface area contributed by atoms with E-state index in [1.165, 1.54) is 35.7 Å². The average Bonchev–Trinajstić information content (AvgIpc) is 2.96. The maximum Gasteiger partial charge on any atom is 0.185 e. The molecule has 4 heteroatoms. The number of unbranched alkanes of at least 4 members (excludes halogenated alkanes) is 1. The first-order chi connectivity index (χ1) is 7.72. The molecule has 1 aliphatic rings. The Kier molecular flexibility index (Phi) is 3.82. The Balaban J connectivity index is 2.05. The van der Waals surface area contributed by atoms with Crippen LogP contribution in [0.25, 0.3) is 0 Å². The highest BCUT2D eigenvalue weighted by molar-refractivity contribution is 7.15. The van der Waals surface area contributed by atoms with E-state index in [1.807, 2.05) is 13.1 Å². The predicted molar refractivity (Wildman–Crippen MR) is 70.0 cm³/mol. The van der Waals surface area contributed by atoms with Crippen molar-refractivity contribution in [2.45, 2.75) is 51.6 Å². The second-order valence-corrected chi connectivity index (χ2v) is 5.65. The van der Waals surface area contributed by atoms with Gasteiger partial charge >= 0.3 is 0 Å². The lowest BCUT2D eigenvalue weighted by Crippen LogP contribution is -2.26. The maximum atomic E-state index is 5.87. The second kappa shape index (κ2) is 5.15. The second-order valence-electron chi connectivity index (χ2n) is 4.61. The number of rotatable bonds is 6. The molecule has 0 bridgehead atoms. The van der Waals surface area contributed by atoms with Gasteiger partial charge in [-0.15, -0.1) is 11.3 Å². The molecule has 90 valence electrons. The molecule has 1 heterocycles. The summed E-state index contributed by atoms with van der Waals surface area (Å²) in [6.45, 7) is 5.40. The summed E-state index contributed by atoms with van der Waals surface area (Å²) >= 11 is 1.76. The van der Waals surface area contributed by atoms with E-state index in [1.54, 1.807) is 11.3 Å². The molecule has 1 saturated carbocycles. The Morgan fingerprint density at radius 1 is 1.62 bits per heavy atom. The fourth-order valence-corrected chi connectivity index (χ4v) is 2.73. The van der Waals surface area contributed by atoms with Crippen molar-refractivity contribution in [2.24, 2.45) is 5.73 Å². The SMILES string of the molecule is CCCCN(c1ncc(C(C)N)s1)C1CC1. The topological polar surface area (TPSA) is 42.2 Å². The molecular formula is C12H21N3S. The van der Waals surface area contributed by atoms with Crippen molar-refractivity contribution in [3.05, 3.63) is 11.1 Å². The van der Waals surface area contributed by atoms with Crippen LogP contribution >= 0.6 is 11.3 Å². The van der Waals surface area contributed by atoms with E-state index in [0.29, 0.717) is 0 Å². The molecule has 1 unspecified atom stereocenters. The van der Waals surface area contributed by atoms with Gasteiger partial charge in [-0.2, -0.15) is 0 Å². The van der Waals surface area contributed by atoms with Gasteiger partial charge in [0.05, 0.1) is 0 Å². The minimum atomic E-state index is 0.110. The van der Waals surface area contributed by atoms with Gasteiger partial charge in [-0.3, -0.25) is 0 Å². The van der Waals surface area contributed by atoms with E-state index in [9.17, 15) is 0 Å². The van der Waals surface area contributed by atoms with E-state index in [4.69, 9.17) is 5.73 Å². The molecular weight excluding hydrogens is 218 g/mol. The molecule has 0 amide bonds. The predicted octanol–water partition coefficient (Wildman–Crippen LogP) is 2.93. The van der Waals surface area contributed by atoms with Gasteiger partial charge in [-0.1, -0.05) is 13.3 Å². The van der Waals surface area contributed by atoms with Gasteiger partial charge < -0.3 is 10.6 Å². The fraction of sp³-hybridized carbons (Fsp3) is 0.750. The first-order valence-corrected chi connectivity index (χ1v) is 7.02. The minimum absolute atomic E-state index is 0.110. The average molecular weight is 239 g/mol. The normalized spacial score (nSPS) is 17.4. The van der Waals surface area contributed by atoms with Crippen LogP contribution in [-0.4, -0.2) is 17.6 Å². The monoisotopic (exact) mass is 239 g/mol. The highest BCUT2D eigenvalue weighted by Gasteiger charge is 2.30. The van der Waals surface area contributed by atoms with Crippen molar-refractivity contribution in [3.8, 4) is 0 Å². The Morgan fingerprint density at radius 2 is 2.38 bits per heavy atom. The van der Waals surface area contributed by atoms with Crippen LogP contribution in [-0.2, 0) is 0 Å². The molecule has 3 nitrogen and oxygen atoms in total. The number of thiazole rings is 1. The summed E-state index contributed by atoms with van der Waals surface area (Å²) < 4.78 is 0. The largest absolute Gasteiger partial charge is 0.345 e. The third kappa shape index (κ3) is 2.74. The third-order valence-corrected chi connectivity index (χ3v) is 4.18. The summed E-state index contributed by atoms with van der Waals surface area (Å²) in [5.41, 5.74) is 5.87. The van der Waals surface area contributed by atoms with Gasteiger partial charge in [-0.25, -0.2) is 4.98 Å². The van der Waals surface area contributed by atoms with Crippen molar-refractivity contribution in [1.82, 2.24) is 4.98 Å². The molecule has 2 rings (SSSR count). The molecule has 0 radical (unpaired) electrons. The standard InChI is InChI=1S/C12H21N3S/c1-3-4-7-15(10-5-6-10)12-14-8-11(16-12)9(2)13/h8-10H,3-7,13H2,1-2H3. The van der Waals surface area contributed by atoms with E-state index in [2.05, 4.69) is 16.8 Å². The van der Waals surface area contributed by atoms with Gasteiger partial charge in [0, 0.05) is 29.7 Å². The molecule has 16 heavy (non-hydrogen) atoms. The van der Waals surface area contributed by atoms with Crippen molar-refractivity contribution >= 4 is 16.5 Å². The quantitative estimate of drug-likeness (QED) is 0.830. The van der Waals surface area contributed by atoms with Crippen LogP contribution in [0.5, 0.6) is 0 Å². The van der Waals surface area contributed by atoms with Gasteiger partial charge in [-0.05, 0) is 26.2 Å². The smallest absolute Gasteiger partial charge is 0.185 e. The Morgan fingerprint density at radius 3 is 2.88 bits per heavy atom. The zero-order chi connectivity index (χ0) is 11.5. The van der Waals surface area contributed by atoms with Crippen LogP contribution in [0.1, 0.15) is 50.4 Å². The summed E-state index contributed by atoms with van der Waals surface area (Å²) in [5, 5.41) is 1.17. The molecule has 0 aliphatic heterocycles. The van der Waals surface area contributed by atoms with E-state index in [-0.39, 0.29) is 6.04 Å².